The number of nitrogens with one attached hydrogen (secondary N) is 1. The van der Waals surface area contributed by atoms with Crippen LogP contribution in [0.2, 0.25) is 10.0 Å². The van der Waals surface area contributed by atoms with Crippen LogP contribution in [0.5, 0.6) is 0 Å². The van der Waals surface area contributed by atoms with E-state index in [0.717, 1.165) is 22.4 Å². The van der Waals surface area contributed by atoms with Gasteiger partial charge in [-0.15, -0.1) is 0 Å². The smallest absolute Gasteiger partial charge is 0.291 e. The van der Waals surface area contributed by atoms with Crippen LogP contribution in [0.15, 0.2) is 66.7 Å². The number of halogens is 2. The molecule has 5 nitrogen and oxygen atoms in total. The highest BCUT2D eigenvalue weighted by atomic mass is 35.5. The molecule has 156 valence electrons. The van der Waals surface area contributed by atoms with Crippen molar-refractivity contribution >= 4 is 29.1 Å². The van der Waals surface area contributed by atoms with Gasteiger partial charge in [-0.1, -0.05) is 65.2 Å². The minimum atomic E-state index is -0.720. The molecule has 2 N–H and O–H groups in total. The molecule has 1 amide bonds. The van der Waals surface area contributed by atoms with Crippen molar-refractivity contribution in [3.05, 3.63) is 93.6 Å². The highest BCUT2D eigenvalue weighted by Gasteiger charge is 2.26. The number of rotatable bonds is 4. The number of carbonyl (C=O) groups is 1. The first kappa shape index (κ1) is 21.1. The first-order chi connectivity index (χ1) is 14.9. The summed E-state index contributed by atoms with van der Waals surface area (Å²) in [5, 5.41) is 10.5. The zero-order chi connectivity index (χ0) is 22.1. The Morgan fingerprint density at radius 3 is 2.35 bits per heavy atom. The molecule has 0 bridgehead atoms. The van der Waals surface area contributed by atoms with E-state index in [2.05, 4.69) is 4.98 Å². The molecule has 1 heterocycles. The van der Waals surface area contributed by atoms with E-state index in [0.29, 0.717) is 27.1 Å². The van der Waals surface area contributed by atoms with Gasteiger partial charge in [-0.25, -0.2) is 10.5 Å². The van der Waals surface area contributed by atoms with Crippen LogP contribution in [-0.4, -0.2) is 20.7 Å². The van der Waals surface area contributed by atoms with Crippen LogP contribution in [0.1, 0.15) is 21.6 Å². The third-order valence-electron chi connectivity index (χ3n) is 4.98. The molecular formula is C24H19Cl2N3O2. The zero-order valence-electron chi connectivity index (χ0n) is 16.9. The Bertz CT molecular complexity index is 1300. The Labute approximate surface area is 189 Å². The van der Waals surface area contributed by atoms with E-state index in [1.54, 1.807) is 23.7 Å². The van der Waals surface area contributed by atoms with Gasteiger partial charge in [0, 0.05) is 21.2 Å². The lowest BCUT2D eigenvalue weighted by atomic mass is 10.1. The standard InChI is InChI=1S/C24H19Cl2N3O2/c1-14-5-3-7-17(11-14)23-27-21(24(30)28-31)22(16-6-4-8-18(25)12-16)29(23)20-13-19(26)10-9-15(20)2/h3-13,31H,1-2H3,(H,28,30). The summed E-state index contributed by atoms with van der Waals surface area (Å²) in [5.41, 5.74) is 6.53. The number of aryl methyl sites for hydroxylation is 2. The number of hydrogen-bond donors (Lipinski definition) is 2. The number of hydrogen-bond acceptors (Lipinski definition) is 3. The van der Waals surface area contributed by atoms with Crippen molar-refractivity contribution in [3.63, 3.8) is 0 Å². The lowest BCUT2D eigenvalue weighted by Crippen LogP contribution is -2.20. The van der Waals surface area contributed by atoms with E-state index in [1.807, 2.05) is 66.9 Å². The second-order valence-electron chi connectivity index (χ2n) is 7.22. The summed E-state index contributed by atoms with van der Waals surface area (Å²) in [6.07, 6.45) is 0. The number of carbonyl (C=O) groups excluding carboxylic acids is 1. The summed E-state index contributed by atoms with van der Waals surface area (Å²) in [7, 11) is 0. The van der Waals surface area contributed by atoms with Crippen LogP contribution < -0.4 is 5.48 Å². The van der Waals surface area contributed by atoms with Crippen LogP contribution in [-0.2, 0) is 0 Å². The minimum absolute atomic E-state index is 0.0700. The van der Waals surface area contributed by atoms with E-state index in [1.165, 1.54) is 0 Å². The summed E-state index contributed by atoms with van der Waals surface area (Å²) < 4.78 is 1.88. The zero-order valence-corrected chi connectivity index (χ0v) is 18.4. The maximum absolute atomic E-state index is 12.6. The summed E-state index contributed by atoms with van der Waals surface area (Å²) in [6, 6.07) is 20.5. The van der Waals surface area contributed by atoms with E-state index in [9.17, 15) is 10.0 Å². The van der Waals surface area contributed by atoms with Crippen molar-refractivity contribution in [1.29, 1.82) is 0 Å². The molecule has 0 aliphatic carbocycles. The molecule has 0 radical (unpaired) electrons. The van der Waals surface area contributed by atoms with Crippen molar-refractivity contribution in [3.8, 4) is 28.3 Å². The lowest BCUT2D eigenvalue weighted by molar-refractivity contribution is 0.0702. The molecule has 0 saturated heterocycles. The SMILES string of the molecule is Cc1cccc(-c2nc(C(=O)NO)c(-c3cccc(Cl)c3)n2-c2cc(Cl)ccc2C)c1. The first-order valence-electron chi connectivity index (χ1n) is 9.55. The number of nitrogens with zero attached hydrogens (tertiary/aromatic N) is 2. The van der Waals surface area contributed by atoms with E-state index >= 15 is 0 Å². The van der Waals surface area contributed by atoms with Gasteiger partial charge in [-0.3, -0.25) is 14.6 Å². The van der Waals surface area contributed by atoms with Gasteiger partial charge in [-0.2, -0.15) is 0 Å². The molecule has 0 atom stereocenters. The molecule has 7 heteroatoms. The largest absolute Gasteiger partial charge is 0.295 e. The van der Waals surface area contributed by atoms with E-state index in [4.69, 9.17) is 23.2 Å². The third-order valence-corrected chi connectivity index (χ3v) is 5.45. The Morgan fingerprint density at radius 2 is 1.65 bits per heavy atom. The predicted octanol–water partition coefficient (Wildman–Crippen LogP) is 6.25. The average molecular weight is 452 g/mol. The van der Waals surface area contributed by atoms with Gasteiger partial charge >= 0.3 is 0 Å². The Balaban J connectivity index is 2.16. The molecule has 0 fully saturated rings. The van der Waals surface area contributed by atoms with Gasteiger partial charge in [0.1, 0.15) is 5.82 Å². The van der Waals surface area contributed by atoms with Crippen molar-refractivity contribution in [2.45, 2.75) is 13.8 Å². The molecule has 0 saturated carbocycles. The van der Waals surface area contributed by atoms with E-state index in [-0.39, 0.29) is 5.69 Å². The molecule has 4 rings (SSSR count). The maximum Gasteiger partial charge on any atom is 0.295 e. The fourth-order valence-corrected chi connectivity index (χ4v) is 3.93. The van der Waals surface area contributed by atoms with Gasteiger partial charge in [-0.05, 0) is 49.7 Å². The number of amides is 1. The number of aromatic nitrogens is 2. The third kappa shape index (κ3) is 4.08. The molecule has 0 unspecified atom stereocenters. The fraction of sp³-hybridized carbons (Fsp3) is 0.0833. The first-order valence-corrected chi connectivity index (χ1v) is 10.3. The Hall–Kier alpha value is -3.12. The summed E-state index contributed by atoms with van der Waals surface area (Å²) in [4.78, 5) is 17.3. The number of hydroxylamine groups is 1. The van der Waals surface area contributed by atoms with Crippen LogP contribution in [0, 0.1) is 13.8 Å². The highest BCUT2D eigenvalue weighted by molar-refractivity contribution is 6.31. The van der Waals surface area contributed by atoms with Crippen molar-refractivity contribution in [2.24, 2.45) is 0 Å². The molecule has 0 aliphatic heterocycles. The minimum Gasteiger partial charge on any atom is -0.291 e. The lowest BCUT2D eigenvalue weighted by Gasteiger charge is -2.16. The van der Waals surface area contributed by atoms with Crippen LogP contribution >= 0.6 is 23.2 Å². The average Bonchev–Trinajstić information content (AvgIpc) is 3.15. The molecule has 4 aromatic rings. The molecule has 0 spiro atoms. The van der Waals surface area contributed by atoms with E-state index < -0.39 is 5.91 Å². The normalized spacial score (nSPS) is 10.9. The Morgan fingerprint density at radius 1 is 0.935 bits per heavy atom. The monoisotopic (exact) mass is 451 g/mol. The maximum atomic E-state index is 12.6. The molecule has 1 aromatic heterocycles. The predicted molar refractivity (Wildman–Crippen MR) is 123 cm³/mol. The van der Waals surface area contributed by atoms with Gasteiger partial charge in [0.25, 0.3) is 5.91 Å². The van der Waals surface area contributed by atoms with Crippen LogP contribution in [0.25, 0.3) is 28.3 Å². The summed E-state index contributed by atoms with van der Waals surface area (Å²) in [6.45, 7) is 3.94. The summed E-state index contributed by atoms with van der Waals surface area (Å²) >= 11 is 12.6. The van der Waals surface area contributed by atoms with Crippen LogP contribution in [0.3, 0.4) is 0 Å². The molecule has 31 heavy (non-hydrogen) atoms. The van der Waals surface area contributed by atoms with Gasteiger partial charge in [0.05, 0.1) is 11.4 Å². The topological polar surface area (TPSA) is 67.2 Å². The fourth-order valence-electron chi connectivity index (χ4n) is 3.57. The molecular weight excluding hydrogens is 433 g/mol. The molecule has 0 aliphatic rings. The second kappa shape index (κ2) is 8.55. The molecule has 3 aromatic carbocycles. The second-order valence-corrected chi connectivity index (χ2v) is 8.09. The van der Waals surface area contributed by atoms with Crippen molar-refractivity contribution in [1.82, 2.24) is 15.0 Å². The van der Waals surface area contributed by atoms with Gasteiger partial charge in [0.2, 0.25) is 0 Å². The van der Waals surface area contributed by atoms with Crippen LogP contribution in [0.4, 0.5) is 0 Å². The van der Waals surface area contributed by atoms with Gasteiger partial charge in [0.15, 0.2) is 5.69 Å². The van der Waals surface area contributed by atoms with Crippen molar-refractivity contribution in [2.75, 3.05) is 0 Å². The number of benzene rings is 3. The summed E-state index contributed by atoms with van der Waals surface area (Å²) in [5.74, 6) is -0.176. The van der Waals surface area contributed by atoms with Gasteiger partial charge < -0.3 is 0 Å². The quantitative estimate of drug-likeness (QED) is 0.284. The Kier molecular flexibility index (Phi) is 5.83. The van der Waals surface area contributed by atoms with Crippen molar-refractivity contribution < 1.29 is 10.0 Å². The highest BCUT2D eigenvalue weighted by Crippen LogP contribution is 2.36. The number of imidazole rings is 1.